The van der Waals surface area contributed by atoms with Gasteiger partial charge in [0.05, 0.1) is 6.10 Å². The number of halogens is 3. The van der Waals surface area contributed by atoms with Gasteiger partial charge in [-0.05, 0) is 14.1 Å². The highest BCUT2D eigenvalue weighted by atomic mass is 19.2. The van der Waals surface area contributed by atoms with Crippen LogP contribution in [0, 0.1) is 17.5 Å². The third kappa shape index (κ3) is 4.24. The van der Waals surface area contributed by atoms with Crippen LogP contribution in [0.25, 0.3) is 0 Å². The molecule has 0 spiro atoms. The van der Waals surface area contributed by atoms with Crippen molar-refractivity contribution in [2.75, 3.05) is 32.5 Å². The fourth-order valence-electron chi connectivity index (χ4n) is 1.38. The smallest absolute Gasteiger partial charge is 0.194 e. The second-order valence-corrected chi connectivity index (χ2v) is 4.05. The number of benzene rings is 1. The molecular formula is C11H15F3N2O. The van der Waals surface area contributed by atoms with Crippen molar-refractivity contribution in [1.82, 2.24) is 4.90 Å². The van der Waals surface area contributed by atoms with E-state index in [4.69, 9.17) is 0 Å². The van der Waals surface area contributed by atoms with E-state index in [0.717, 1.165) is 12.1 Å². The Kier molecular flexibility index (Phi) is 4.77. The minimum atomic E-state index is -1.50. The van der Waals surface area contributed by atoms with E-state index < -0.39 is 23.6 Å². The topological polar surface area (TPSA) is 35.5 Å². The van der Waals surface area contributed by atoms with E-state index in [0.29, 0.717) is 6.54 Å². The van der Waals surface area contributed by atoms with E-state index in [9.17, 15) is 18.3 Å². The molecule has 1 aromatic rings. The van der Waals surface area contributed by atoms with Crippen LogP contribution in [-0.4, -0.2) is 43.3 Å². The summed E-state index contributed by atoms with van der Waals surface area (Å²) in [6, 6.07) is 1.70. The van der Waals surface area contributed by atoms with Crippen LogP contribution >= 0.6 is 0 Å². The molecule has 0 amide bonds. The van der Waals surface area contributed by atoms with Gasteiger partial charge in [-0.3, -0.25) is 0 Å². The highest BCUT2D eigenvalue weighted by Gasteiger charge is 2.11. The second-order valence-electron chi connectivity index (χ2n) is 4.05. The minimum absolute atomic E-state index is 0.0965. The normalized spacial score (nSPS) is 12.9. The molecule has 0 bridgehead atoms. The molecule has 0 aromatic heterocycles. The van der Waals surface area contributed by atoms with E-state index in [-0.39, 0.29) is 12.2 Å². The number of likely N-dealkylation sites (N-methyl/N-ethyl adjacent to an activating group) is 1. The molecule has 0 saturated carbocycles. The first-order valence-corrected chi connectivity index (χ1v) is 5.11. The number of aliphatic hydroxyl groups is 1. The molecular weight excluding hydrogens is 233 g/mol. The molecule has 0 radical (unpaired) electrons. The predicted molar refractivity (Wildman–Crippen MR) is 59.4 cm³/mol. The SMILES string of the molecule is CN(C)CC(O)CNc1cc(F)c(F)c(F)c1. The summed E-state index contributed by atoms with van der Waals surface area (Å²) >= 11 is 0. The standard InChI is InChI=1S/C11H15F3N2O/c1-16(2)6-8(17)5-15-7-3-9(12)11(14)10(13)4-7/h3-4,8,15,17H,5-6H2,1-2H3. The highest BCUT2D eigenvalue weighted by Crippen LogP contribution is 2.17. The molecule has 6 heteroatoms. The van der Waals surface area contributed by atoms with Crippen LogP contribution in [0.3, 0.4) is 0 Å². The third-order valence-electron chi connectivity index (χ3n) is 2.10. The Hall–Kier alpha value is -1.27. The van der Waals surface area contributed by atoms with Gasteiger partial charge in [0.1, 0.15) is 0 Å². The van der Waals surface area contributed by atoms with Crippen molar-refractivity contribution in [2.45, 2.75) is 6.10 Å². The maximum atomic E-state index is 12.8. The second kappa shape index (κ2) is 5.88. The Morgan fingerprint density at radius 2 is 1.76 bits per heavy atom. The maximum Gasteiger partial charge on any atom is 0.194 e. The largest absolute Gasteiger partial charge is 0.390 e. The van der Waals surface area contributed by atoms with Gasteiger partial charge < -0.3 is 15.3 Å². The molecule has 0 aliphatic heterocycles. The van der Waals surface area contributed by atoms with Crippen LogP contribution in [0.5, 0.6) is 0 Å². The van der Waals surface area contributed by atoms with Gasteiger partial charge in [0.25, 0.3) is 0 Å². The average Bonchev–Trinajstić information content (AvgIpc) is 2.22. The van der Waals surface area contributed by atoms with Gasteiger partial charge in [0.2, 0.25) is 0 Å². The fourth-order valence-corrected chi connectivity index (χ4v) is 1.38. The van der Waals surface area contributed by atoms with Crippen molar-refractivity contribution in [3.05, 3.63) is 29.6 Å². The van der Waals surface area contributed by atoms with Crippen molar-refractivity contribution < 1.29 is 18.3 Å². The molecule has 0 saturated heterocycles. The quantitative estimate of drug-likeness (QED) is 0.774. The molecule has 3 nitrogen and oxygen atoms in total. The molecule has 17 heavy (non-hydrogen) atoms. The van der Waals surface area contributed by atoms with Crippen LogP contribution in [-0.2, 0) is 0 Å². The summed E-state index contributed by atoms with van der Waals surface area (Å²) in [6.07, 6.45) is -0.679. The molecule has 1 rings (SSSR count). The Morgan fingerprint density at radius 3 is 2.24 bits per heavy atom. The Labute approximate surface area is 97.9 Å². The zero-order valence-corrected chi connectivity index (χ0v) is 9.67. The van der Waals surface area contributed by atoms with Crippen molar-refractivity contribution in [3.8, 4) is 0 Å². The minimum Gasteiger partial charge on any atom is -0.390 e. The molecule has 1 atom stereocenters. The zero-order chi connectivity index (χ0) is 13.0. The molecule has 1 unspecified atom stereocenters. The summed E-state index contributed by atoms with van der Waals surface area (Å²) in [5.41, 5.74) is 0.0965. The molecule has 0 fully saturated rings. The van der Waals surface area contributed by atoms with Crippen molar-refractivity contribution >= 4 is 5.69 Å². The monoisotopic (exact) mass is 248 g/mol. The lowest BCUT2D eigenvalue weighted by atomic mass is 10.2. The number of anilines is 1. The third-order valence-corrected chi connectivity index (χ3v) is 2.10. The zero-order valence-electron chi connectivity index (χ0n) is 9.67. The summed E-state index contributed by atoms with van der Waals surface area (Å²) in [5, 5.41) is 12.1. The highest BCUT2D eigenvalue weighted by molar-refractivity contribution is 5.44. The summed E-state index contributed by atoms with van der Waals surface area (Å²) in [7, 11) is 3.58. The predicted octanol–water partition coefficient (Wildman–Crippen LogP) is 1.44. The van der Waals surface area contributed by atoms with Crippen molar-refractivity contribution in [3.63, 3.8) is 0 Å². The molecule has 0 aliphatic carbocycles. The Morgan fingerprint density at radius 1 is 1.24 bits per heavy atom. The molecule has 1 aromatic carbocycles. The lowest BCUT2D eigenvalue weighted by Gasteiger charge is -2.17. The number of hydrogen-bond donors (Lipinski definition) is 2. The summed E-state index contributed by atoms with van der Waals surface area (Å²) in [6.45, 7) is 0.544. The Balaban J connectivity index is 2.58. The number of hydrogen-bond acceptors (Lipinski definition) is 3. The van der Waals surface area contributed by atoms with E-state index in [1.165, 1.54) is 0 Å². The average molecular weight is 248 g/mol. The Bertz CT molecular complexity index is 362. The molecule has 2 N–H and O–H groups in total. The lowest BCUT2D eigenvalue weighted by Crippen LogP contribution is -2.31. The first kappa shape index (κ1) is 13.8. The first-order valence-electron chi connectivity index (χ1n) is 5.11. The van der Waals surface area contributed by atoms with Gasteiger partial charge in [0, 0.05) is 30.9 Å². The van der Waals surface area contributed by atoms with E-state index in [1.807, 2.05) is 0 Å². The van der Waals surface area contributed by atoms with Gasteiger partial charge in [-0.1, -0.05) is 0 Å². The van der Waals surface area contributed by atoms with Crippen LogP contribution in [0.1, 0.15) is 0 Å². The summed E-state index contributed by atoms with van der Waals surface area (Å²) in [4.78, 5) is 1.78. The number of nitrogens with one attached hydrogen (secondary N) is 1. The van der Waals surface area contributed by atoms with Crippen molar-refractivity contribution in [1.29, 1.82) is 0 Å². The van der Waals surface area contributed by atoms with Gasteiger partial charge >= 0.3 is 0 Å². The maximum absolute atomic E-state index is 12.8. The van der Waals surface area contributed by atoms with Crippen LogP contribution in [0.15, 0.2) is 12.1 Å². The van der Waals surface area contributed by atoms with Crippen LogP contribution < -0.4 is 5.32 Å². The van der Waals surface area contributed by atoms with Crippen LogP contribution in [0.4, 0.5) is 18.9 Å². The van der Waals surface area contributed by atoms with E-state index >= 15 is 0 Å². The van der Waals surface area contributed by atoms with Gasteiger partial charge in [-0.15, -0.1) is 0 Å². The molecule has 0 aliphatic rings. The van der Waals surface area contributed by atoms with Crippen molar-refractivity contribution in [2.24, 2.45) is 0 Å². The summed E-state index contributed by atoms with van der Waals surface area (Å²) in [5.74, 6) is -4.01. The van der Waals surface area contributed by atoms with Crippen LogP contribution in [0.2, 0.25) is 0 Å². The lowest BCUT2D eigenvalue weighted by molar-refractivity contribution is 0.148. The van der Waals surface area contributed by atoms with E-state index in [2.05, 4.69) is 5.32 Å². The van der Waals surface area contributed by atoms with Gasteiger partial charge in [-0.2, -0.15) is 0 Å². The van der Waals surface area contributed by atoms with E-state index in [1.54, 1.807) is 19.0 Å². The summed E-state index contributed by atoms with van der Waals surface area (Å²) < 4.78 is 38.3. The number of nitrogens with zero attached hydrogens (tertiary/aromatic N) is 1. The number of aliphatic hydroxyl groups excluding tert-OH is 1. The first-order chi connectivity index (χ1) is 7.90. The van der Waals surface area contributed by atoms with Gasteiger partial charge in [0.15, 0.2) is 17.5 Å². The molecule has 0 heterocycles. The molecule has 96 valence electrons. The number of rotatable bonds is 5. The fraction of sp³-hybridized carbons (Fsp3) is 0.455. The van der Waals surface area contributed by atoms with Gasteiger partial charge in [-0.25, -0.2) is 13.2 Å².